The average Bonchev–Trinajstić information content (AvgIpc) is 2.53. The van der Waals surface area contributed by atoms with Crippen LogP contribution in [0.4, 0.5) is 0 Å². The van der Waals surface area contributed by atoms with E-state index in [1.807, 2.05) is 0 Å². The summed E-state index contributed by atoms with van der Waals surface area (Å²) in [5, 5.41) is 0. The van der Waals surface area contributed by atoms with Crippen molar-refractivity contribution in [3.05, 3.63) is 0 Å². The molecule has 0 N–H and O–H groups in total. The Kier molecular flexibility index (Phi) is 12.1. The summed E-state index contributed by atoms with van der Waals surface area (Å²) in [5.41, 5.74) is 0. The zero-order chi connectivity index (χ0) is 16.8. The Bertz CT molecular complexity index is 354. The third-order valence-electron chi connectivity index (χ3n) is 5.01. The highest BCUT2D eigenvalue weighted by molar-refractivity contribution is 7.91. The minimum absolute atomic E-state index is 0.367. The third kappa shape index (κ3) is 12.0. The van der Waals surface area contributed by atoms with Crippen LogP contribution in [0.1, 0.15) is 90.4 Å². The summed E-state index contributed by atoms with van der Waals surface area (Å²) < 4.78 is 22.7. The van der Waals surface area contributed by atoms with Crippen LogP contribution in [0.5, 0.6) is 0 Å². The molecule has 1 rings (SSSR count). The monoisotopic (exact) mass is 345 g/mol. The van der Waals surface area contributed by atoms with Crippen molar-refractivity contribution in [3.63, 3.8) is 0 Å². The molecule has 1 aliphatic rings. The Morgan fingerprint density at radius 1 is 0.652 bits per heavy atom. The predicted octanol–water partition coefficient (Wildman–Crippen LogP) is 4.81. The normalized spacial score (nSPS) is 18.3. The molecule has 1 heterocycles. The Labute approximate surface area is 145 Å². The minimum atomic E-state index is -2.71. The topological polar surface area (TPSA) is 37.4 Å². The van der Waals surface area contributed by atoms with Gasteiger partial charge in [-0.1, -0.05) is 84.0 Å². The van der Waals surface area contributed by atoms with E-state index >= 15 is 0 Å². The van der Waals surface area contributed by atoms with E-state index in [9.17, 15) is 8.42 Å². The lowest BCUT2D eigenvalue weighted by atomic mass is 10.0. The van der Waals surface area contributed by atoms with E-state index in [0.717, 1.165) is 19.6 Å². The molecule has 0 aromatic rings. The van der Waals surface area contributed by atoms with Crippen molar-refractivity contribution in [3.8, 4) is 0 Å². The lowest BCUT2D eigenvalue weighted by Gasteiger charge is -2.26. The average molecular weight is 346 g/mol. The Morgan fingerprint density at radius 3 is 1.48 bits per heavy atom. The van der Waals surface area contributed by atoms with Crippen molar-refractivity contribution >= 4 is 9.84 Å². The maximum atomic E-state index is 11.4. The molecule has 0 atom stereocenters. The van der Waals surface area contributed by atoms with Crippen molar-refractivity contribution in [1.29, 1.82) is 0 Å². The van der Waals surface area contributed by atoms with Crippen LogP contribution in [-0.2, 0) is 9.84 Å². The second-order valence-corrected chi connectivity index (χ2v) is 9.54. The van der Waals surface area contributed by atoms with E-state index in [0.29, 0.717) is 11.5 Å². The standard InChI is InChI=1S/C19H39NO2S/c1-2-3-4-5-6-7-8-9-10-11-12-13-14-15-20-16-18-23(21,22)19-17-20/h2-19H2,1H3. The zero-order valence-electron chi connectivity index (χ0n) is 15.4. The van der Waals surface area contributed by atoms with E-state index in [4.69, 9.17) is 0 Å². The molecule has 0 spiro atoms. The summed E-state index contributed by atoms with van der Waals surface area (Å²) in [6, 6.07) is 0. The highest BCUT2D eigenvalue weighted by Gasteiger charge is 2.20. The van der Waals surface area contributed by atoms with Gasteiger partial charge in [-0.15, -0.1) is 0 Å². The summed E-state index contributed by atoms with van der Waals surface area (Å²) >= 11 is 0. The molecule has 0 unspecified atom stereocenters. The van der Waals surface area contributed by atoms with Gasteiger partial charge in [0.1, 0.15) is 0 Å². The van der Waals surface area contributed by atoms with Gasteiger partial charge >= 0.3 is 0 Å². The fourth-order valence-electron chi connectivity index (χ4n) is 3.33. The molecular weight excluding hydrogens is 306 g/mol. The van der Waals surface area contributed by atoms with Crippen LogP contribution in [0.15, 0.2) is 0 Å². The molecule has 0 aliphatic carbocycles. The van der Waals surface area contributed by atoms with Crippen LogP contribution < -0.4 is 0 Å². The lowest BCUT2D eigenvalue weighted by Crippen LogP contribution is -2.40. The van der Waals surface area contributed by atoms with E-state index in [1.165, 1.54) is 83.5 Å². The second kappa shape index (κ2) is 13.2. The maximum absolute atomic E-state index is 11.4. The van der Waals surface area contributed by atoms with Gasteiger partial charge in [0.05, 0.1) is 11.5 Å². The molecule has 0 bridgehead atoms. The first-order valence-electron chi connectivity index (χ1n) is 10.1. The summed E-state index contributed by atoms with van der Waals surface area (Å²) in [6.45, 7) is 4.87. The molecule has 4 heteroatoms. The molecule has 0 radical (unpaired) electrons. The van der Waals surface area contributed by atoms with Gasteiger partial charge in [-0.2, -0.15) is 0 Å². The van der Waals surface area contributed by atoms with Crippen molar-refractivity contribution in [2.45, 2.75) is 90.4 Å². The molecule has 0 aromatic carbocycles. The van der Waals surface area contributed by atoms with E-state index in [1.54, 1.807) is 0 Å². The molecule has 0 amide bonds. The van der Waals surface area contributed by atoms with Gasteiger partial charge in [-0.05, 0) is 13.0 Å². The third-order valence-corrected chi connectivity index (χ3v) is 6.62. The summed E-state index contributed by atoms with van der Waals surface area (Å²) in [4.78, 5) is 2.32. The largest absolute Gasteiger partial charge is 0.301 e. The summed E-state index contributed by atoms with van der Waals surface area (Å²) in [5.74, 6) is 0.733. The molecule has 0 saturated carbocycles. The van der Waals surface area contributed by atoms with E-state index in [-0.39, 0.29) is 0 Å². The van der Waals surface area contributed by atoms with Crippen LogP contribution in [0.2, 0.25) is 0 Å². The van der Waals surface area contributed by atoms with Crippen LogP contribution >= 0.6 is 0 Å². The number of sulfone groups is 1. The van der Waals surface area contributed by atoms with Crippen LogP contribution in [0, 0.1) is 0 Å². The Morgan fingerprint density at radius 2 is 1.04 bits per heavy atom. The quantitative estimate of drug-likeness (QED) is 0.424. The summed E-state index contributed by atoms with van der Waals surface area (Å²) in [7, 11) is -2.71. The molecular formula is C19H39NO2S. The minimum Gasteiger partial charge on any atom is -0.301 e. The highest BCUT2D eigenvalue weighted by atomic mass is 32.2. The SMILES string of the molecule is CCCCCCCCCCCCCCCN1CCS(=O)(=O)CC1. The molecule has 23 heavy (non-hydrogen) atoms. The van der Waals surface area contributed by atoms with E-state index in [2.05, 4.69) is 11.8 Å². The second-order valence-electron chi connectivity index (χ2n) is 7.24. The molecule has 3 nitrogen and oxygen atoms in total. The van der Waals surface area contributed by atoms with Gasteiger partial charge in [0.2, 0.25) is 0 Å². The van der Waals surface area contributed by atoms with Crippen molar-refractivity contribution in [1.82, 2.24) is 4.90 Å². The lowest BCUT2D eigenvalue weighted by molar-refractivity contribution is 0.287. The van der Waals surface area contributed by atoms with E-state index < -0.39 is 9.84 Å². The Balaban J connectivity index is 1.77. The summed E-state index contributed by atoms with van der Waals surface area (Å²) in [6.07, 6.45) is 18.0. The highest BCUT2D eigenvalue weighted by Crippen LogP contribution is 2.13. The smallest absolute Gasteiger partial charge is 0.152 e. The van der Waals surface area contributed by atoms with Gasteiger partial charge in [-0.25, -0.2) is 8.42 Å². The number of nitrogens with zero attached hydrogens (tertiary/aromatic N) is 1. The van der Waals surface area contributed by atoms with Crippen LogP contribution in [0.25, 0.3) is 0 Å². The zero-order valence-corrected chi connectivity index (χ0v) is 16.2. The fraction of sp³-hybridized carbons (Fsp3) is 1.00. The molecule has 1 saturated heterocycles. The Hall–Kier alpha value is -0.0900. The van der Waals surface area contributed by atoms with Gasteiger partial charge in [0.15, 0.2) is 9.84 Å². The molecule has 1 aliphatic heterocycles. The fourth-order valence-corrected chi connectivity index (χ4v) is 4.60. The van der Waals surface area contributed by atoms with Gasteiger partial charge in [0, 0.05) is 13.1 Å². The van der Waals surface area contributed by atoms with Crippen molar-refractivity contribution < 1.29 is 8.42 Å². The first kappa shape index (κ1) is 21.0. The molecule has 138 valence electrons. The molecule has 0 aromatic heterocycles. The number of rotatable bonds is 14. The maximum Gasteiger partial charge on any atom is 0.152 e. The first-order chi connectivity index (χ1) is 11.1. The van der Waals surface area contributed by atoms with Crippen molar-refractivity contribution in [2.24, 2.45) is 0 Å². The number of unbranched alkanes of at least 4 members (excludes halogenated alkanes) is 12. The molecule has 1 fully saturated rings. The number of hydrogen-bond acceptors (Lipinski definition) is 3. The number of hydrogen-bond donors (Lipinski definition) is 0. The van der Waals surface area contributed by atoms with Gasteiger partial charge < -0.3 is 4.90 Å². The van der Waals surface area contributed by atoms with Crippen LogP contribution in [0.3, 0.4) is 0 Å². The first-order valence-corrected chi connectivity index (χ1v) is 11.9. The van der Waals surface area contributed by atoms with Crippen LogP contribution in [-0.4, -0.2) is 44.5 Å². The predicted molar refractivity (Wildman–Crippen MR) is 101 cm³/mol. The van der Waals surface area contributed by atoms with Gasteiger partial charge in [0.25, 0.3) is 0 Å². The van der Waals surface area contributed by atoms with Gasteiger partial charge in [-0.3, -0.25) is 0 Å². The van der Waals surface area contributed by atoms with Crippen molar-refractivity contribution in [2.75, 3.05) is 31.1 Å².